The second kappa shape index (κ2) is 4.10. The molecule has 0 N–H and O–H groups in total. The molecule has 2 aromatic rings. The molecule has 0 amide bonds. The van der Waals surface area contributed by atoms with Gasteiger partial charge in [-0.25, -0.2) is 4.39 Å². The molecule has 2 nitrogen and oxygen atoms in total. The van der Waals surface area contributed by atoms with Gasteiger partial charge in [-0.15, -0.1) is 0 Å². The summed E-state index contributed by atoms with van der Waals surface area (Å²) in [5, 5.41) is 0.313. The van der Waals surface area contributed by atoms with Crippen molar-refractivity contribution < 1.29 is 13.6 Å². The van der Waals surface area contributed by atoms with E-state index in [1.54, 1.807) is 13.0 Å². The first-order valence-electron chi connectivity index (χ1n) is 4.64. The highest BCUT2D eigenvalue weighted by Gasteiger charge is 2.17. The molecule has 1 aromatic heterocycles. The van der Waals surface area contributed by atoms with E-state index in [1.165, 1.54) is 18.2 Å². The summed E-state index contributed by atoms with van der Waals surface area (Å²) in [6.45, 7) is 1.71. The minimum Gasteiger partial charge on any atom is -0.458 e. The third kappa shape index (κ3) is 1.99. The molecule has 0 spiro atoms. The van der Waals surface area contributed by atoms with Crippen LogP contribution in [0.25, 0.3) is 0 Å². The molecule has 0 saturated carbocycles. The minimum atomic E-state index is -0.608. The van der Waals surface area contributed by atoms with Crippen LogP contribution < -0.4 is 0 Å². The highest BCUT2D eigenvalue weighted by molar-refractivity contribution is 6.31. The Bertz CT molecular complexity index is 546. The van der Waals surface area contributed by atoms with Gasteiger partial charge in [-0.1, -0.05) is 11.6 Å². The number of furan rings is 1. The van der Waals surface area contributed by atoms with Crippen LogP contribution in [0.5, 0.6) is 0 Å². The van der Waals surface area contributed by atoms with E-state index in [0.29, 0.717) is 10.8 Å². The fourth-order valence-corrected chi connectivity index (χ4v) is 1.53. The maximum absolute atomic E-state index is 13.4. The average Bonchev–Trinajstić information content (AvgIpc) is 2.67. The molecular weight excluding hydrogens is 231 g/mol. The molecule has 0 unspecified atom stereocenters. The van der Waals surface area contributed by atoms with Gasteiger partial charge in [0, 0.05) is 5.02 Å². The van der Waals surface area contributed by atoms with Gasteiger partial charge >= 0.3 is 0 Å². The maximum atomic E-state index is 13.4. The Hall–Kier alpha value is -1.61. The Morgan fingerprint density at radius 1 is 1.31 bits per heavy atom. The molecule has 1 aromatic carbocycles. The third-order valence-electron chi connectivity index (χ3n) is 2.14. The van der Waals surface area contributed by atoms with Crippen molar-refractivity contribution in [3.05, 3.63) is 58.3 Å². The van der Waals surface area contributed by atoms with Gasteiger partial charge in [0.1, 0.15) is 11.6 Å². The van der Waals surface area contributed by atoms with Crippen LogP contribution in [0.4, 0.5) is 4.39 Å². The zero-order chi connectivity index (χ0) is 11.7. The Labute approximate surface area is 96.6 Å². The van der Waals surface area contributed by atoms with Crippen LogP contribution >= 0.6 is 11.6 Å². The van der Waals surface area contributed by atoms with Gasteiger partial charge in [0.25, 0.3) is 0 Å². The number of carbonyl (C=O) groups is 1. The van der Waals surface area contributed by atoms with Crippen molar-refractivity contribution in [2.45, 2.75) is 6.92 Å². The molecule has 16 heavy (non-hydrogen) atoms. The number of halogens is 2. The Balaban J connectivity index is 2.45. The maximum Gasteiger partial charge on any atom is 0.231 e. The number of hydrogen-bond acceptors (Lipinski definition) is 2. The standard InChI is InChI=1S/C12H8ClFO2/c1-7-2-5-11(16-7)12(15)9-6-8(13)3-4-10(9)14/h2-6H,1H3. The Morgan fingerprint density at radius 3 is 2.69 bits per heavy atom. The summed E-state index contributed by atoms with van der Waals surface area (Å²) >= 11 is 5.70. The average molecular weight is 239 g/mol. The zero-order valence-corrected chi connectivity index (χ0v) is 9.22. The largest absolute Gasteiger partial charge is 0.458 e. The Morgan fingerprint density at radius 2 is 2.06 bits per heavy atom. The van der Waals surface area contributed by atoms with E-state index >= 15 is 0 Å². The minimum absolute atomic E-state index is 0.0816. The van der Waals surface area contributed by atoms with Crippen LogP contribution in [-0.2, 0) is 0 Å². The van der Waals surface area contributed by atoms with Crippen LogP contribution in [0, 0.1) is 12.7 Å². The molecule has 0 fully saturated rings. The van der Waals surface area contributed by atoms with E-state index in [-0.39, 0.29) is 11.3 Å². The van der Waals surface area contributed by atoms with E-state index in [4.69, 9.17) is 16.0 Å². The second-order valence-electron chi connectivity index (χ2n) is 3.36. The fourth-order valence-electron chi connectivity index (χ4n) is 1.36. The van der Waals surface area contributed by atoms with E-state index in [0.717, 1.165) is 6.07 Å². The van der Waals surface area contributed by atoms with Gasteiger partial charge < -0.3 is 4.42 Å². The summed E-state index contributed by atoms with van der Waals surface area (Å²) in [6, 6.07) is 7.00. The summed E-state index contributed by atoms with van der Waals surface area (Å²) < 4.78 is 18.5. The summed E-state index contributed by atoms with van der Waals surface area (Å²) in [4.78, 5) is 11.8. The van der Waals surface area contributed by atoms with Gasteiger partial charge in [0.05, 0.1) is 5.56 Å². The Kier molecular flexibility index (Phi) is 2.79. The summed E-state index contributed by atoms with van der Waals surface area (Å²) in [7, 11) is 0. The van der Waals surface area contributed by atoms with Crippen LogP contribution in [0.15, 0.2) is 34.7 Å². The number of benzene rings is 1. The SMILES string of the molecule is Cc1ccc(C(=O)c2cc(Cl)ccc2F)o1. The quantitative estimate of drug-likeness (QED) is 0.748. The molecule has 4 heteroatoms. The van der Waals surface area contributed by atoms with Gasteiger partial charge in [-0.3, -0.25) is 4.79 Å². The number of hydrogen-bond donors (Lipinski definition) is 0. The zero-order valence-electron chi connectivity index (χ0n) is 8.46. The van der Waals surface area contributed by atoms with E-state index in [1.807, 2.05) is 0 Å². The van der Waals surface area contributed by atoms with Crippen LogP contribution in [-0.4, -0.2) is 5.78 Å². The molecule has 0 aliphatic rings. The first-order valence-corrected chi connectivity index (χ1v) is 5.02. The number of ketones is 1. The number of aryl methyl sites for hydroxylation is 1. The normalized spacial score (nSPS) is 10.4. The predicted octanol–water partition coefficient (Wildman–Crippen LogP) is 3.61. The molecule has 82 valence electrons. The van der Waals surface area contributed by atoms with Crippen molar-refractivity contribution in [1.82, 2.24) is 0 Å². The topological polar surface area (TPSA) is 30.2 Å². The van der Waals surface area contributed by atoms with Gasteiger partial charge in [-0.05, 0) is 37.3 Å². The van der Waals surface area contributed by atoms with Gasteiger partial charge in [0.15, 0.2) is 5.76 Å². The van der Waals surface area contributed by atoms with E-state index < -0.39 is 11.6 Å². The summed E-state index contributed by atoms with van der Waals surface area (Å²) in [5.41, 5.74) is -0.0816. The molecule has 2 rings (SSSR count). The monoisotopic (exact) mass is 238 g/mol. The lowest BCUT2D eigenvalue weighted by Crippen LogP contribution is -2.02. The van der Waals surface area contributed by atoms with Crippen molar-refractivity contribution in [2.24, 2.45) is 0 Å². The van der Waals surface area contributed by atoms with Gasteiger partial charge in [-0.2, -0.15) is 0 Å². The highest BCUT2D eigenvalue weighted by atomic mass is 35.5. The van der Waals surface area contributed by atoms with Crippen molar-refractivity contribution in [2.75, 3.05) is 0 Å². The molecule has 0 bridgehead atoms. The number of rotatable bonds is 2. The third-order valence-corrected chi connectivity index (χ3v) is 2.37. The molecule has 0 saturated heterocycles. The second-order valence-corrected chi connectivity index (χ2v) is 3.80. The van der Waals surface area contributed by atoms with Crippen LogP contribution in [0.3, 0.4) is 0 Å². The molecule has 0 atom stereocenters. The van der Waals surface area contributed by atoms with Crippen molar-refractivity contribution in [3.63, 3.8) is 0 Å². The summed E-state index contributed by atoms with van der Waals surface area (Å²) in [5.74, 6) is -0.402. The summed E-state index contributed by atoms with van der Waals surface area (Å²) in [6.07, 6.45) is 0. The first-order chi connectivity index (χ1) is 7.58. The molecule has 0 aliphatic heterocycles. The lowest BCUT2D eigenvalue weighted by Gasteiger charge is -2.00. The predicted molar refractivity (Wildman–Crippen MR) is 58.3 cm³/mol. The highest BCUT2D eigenvalue weighted by Crippen LogP contribution is 2.19. The van der Waals surface area contributed by atoms with Crippen molar-refractivity contribution >= 4 is 17.4 Å². The lowest BCUT2D eigenvalue weighted by atomic mass is 10.1. The van der Waals surface area contributed by atoms with Gasteiger partial charge in [0.2, 0.25) is 5.78 Å². The van der Waals surface area contributed by atoms with E-state index in [2.05, 4.69) is 0 Å². The molecular formula is C12H8ClFO2. The number of carbonyl (C=O) groups excluding carboxylic acids is 1. The fraction of sp³-hybridized carbons (Fsp3) is 0.0833. The molecule has 1 heterocycles. The first kappa shape index (κ1) is 10.9. The molecule has 0 aliphatic carbocycles. The van der Waals surface area contributed by atoms with Crippen LogP contribution in [0.1, 0.15) is 21.9 Å². The van der Waals surface area contributed by atoms with Crippen molar-refractivity contribution in [1.29, 1.82) is 0 Å². The molecule has 0 radical (unpaired) electrons. The van der Waals surface area contributed by atoms with Crippen LogP contribution in [0.2, 0.25) is 5.02 Å². The van der Waals surface area contributed by atoms with Crippen molar-refractivity contribution in [3.8, 4) is 0 Å². The lowest BCUT2D eigenvalue weighted by molar-refractivity contribution is 0.100. The smallest absolute Gasteiger partial charge is 0.231 e. The van der Waals surface area contributed by atoms with E-state index in [9.17, 15) is 9.18 Å².